The molecule has 170 valence electrons. The summed E-state index contributed by atoms with van der Waals surface area (Å²) < 4.78 is 8.21. The summed E-state index contributed by atoms with van der Waals surface area (Å²) in [5.41, 5.74) is 2.15. The first-order valence-corrected chi connectivity index (χ1v) is 10.1. The van der Waals surface area contributed by atoms with Crippen molar-refractivity contribution in [3.05, 3.63) is 81.0 Å². The minimum absolute atomic E-state index is 0.0338. The van der Waals surface area contributed by atoms with Crippen LogP contribution in [0.2, 0.25) is 0 Å². The van der Waals surface area contributed by atoms with Crippen LogP contribution < -0.4 is 21.4 Å². The van der Waals surface area contributed by atoms with Gasteiger partial charge in [-0.15, -0.1) is 0 Å². The van der Waals surface area contributed by atoms with Gasteiger partial charge in [0, 0.05) is 12.6 Å². The topological polar surface area (TPSA) is 147 Å². The number of hydrogen-bond donors (Lipinski definition) is 4. The fraction of sp³-hybridized carbons (Fsp3) is 0.182. The van der Waals surface area contributed by atoms with Crippen molar-refractivity contribution in [3.63, 3.8) is 0 Å². The summed E-state index contributed by atoms with van der Waals surface area (Å²) in [5, 5.41) is 24.5. The van der Waals surface area contributed by atoms with Gasteiger partial charge in [0.2, 0.25) is 5.95 Å². The normalized spacial score (nSPS) is 12.3. The van der Waals surface area contributed by atoms with E-state index >= 15 is 0 Å². The van der Waals surface area contributed by atoms with Crippen LogP contribution in [0.15, 0.2) is 69.3 Å². The van der Waals surface area contributed by atoms with Gasteiger partial charge in [-0.1, -0.05) is 30.3 Å². The maximum atomic E-state index is 12.5. The Hall–Kier alpha value is -4.38. The molecule has 0 aliphatic carbocycles. The molecule has 0 saturated carbocycles. The minimum atomic E-state index is -0.998. The van der Waals surface area contributed by atoms with E-state index in [1.807, 2.05) is 18.2 Å². The molecule has 0 radical (unpaired) electrons. The van der Waals surface area contributed by atoms with E-state index in [0.29, 0.717) is 11.3 Å². The average Bonchev–Trinajstić information content (AvgIpc) is 3.17. The average molecular weight is 450 g/mol. The number of imidazole rings is 1. The van der Waals surface area contributed by atoms with Crippen LogP contribution >= 0.6 is 0 Å². The molecule has 11 nitrogen and oxygen atoms in total. The van der Waals surface area contributed by atoms with Crippen molar-refractivity contribution < 1.29 is 14.9 Å². The Balaban J connectivity index is 1.64. The number of nitrogens with one attached hydrogen (secondary N) is 2. The van der Waals surface area contributed by atoms with E-state index in [4.69, 9.17) is 4.74 Å². The summed E-state index contributed by atoms with van der Waals surface area (Å²) in [5.74, 6) is 0.768. The third kappa shape index (κ3) is 4.77. The number of aromatic nitrogens is 4. The van der Waals surface area contributed by atoms with Gasteiger partial charge in [-0.05, 0) is 24.3 Å². The van der Waals surface area contributed by atoms with Crippen molar-refractivity contribution in [2.75, 3.05) is 12.0 Å². The Morgan fingerprint density at radius 2 is 1.91 bits per heavy atom. The van der Waals surface area contributed by atoms with Crippen LogP contribution in [0.3, 0.4) is 0 Å². The van der Waals surface area contributed by atoms with Crippen LogP contribution in [0.5, 0.6) is 11.5 Å². The molecule has 4 rings (SSSR count). The van der Waals surface area contributed by atoms with Crippen LogP contribution in [0, 0.1) is 0 Å². The number of aliphatic hydroxyl groups is 1. The largest absolute Gasteiger partial charge is 0.507 e. The summed E-state index contributed by atoms with van der Waals surface area (Å²) in [4.78, 5) is 31.1. The Kier molecular flexibility index (Phi) is 6.22. The van der Waals surface area contributed by atoms with E-state index in [1.165, 1.54) is 28.5 Å². The number of fused-ring (bicyclic) bond motifs is 1. The SMILES string of the molecule is Cn1c(=O)[nH]c(=O)c2c1nc(NN=Cc1ccccc1O)n2C[C@H](O)COc1ccccc1. The van der Waals surface area contributed by atoms with Crippen molar-refractivity contribution >= 4 is 23.3 Å². The fourth-order valence-electron chi connectivity index (χ4n) is 3.23. The molecule has 0 spiro atoms. The molecular weight excluding hydrogens is 428 g/mol. The Bertz CT molecular complexity index is 1410. The maximum absolute atomic E-state index is 12.5. The highest BCUT2D eigenvalue weighted by molar-refractivity contribution is 5.83. The van der Waals surface area contributed by atoms with Gasteiger partial charge in [0.25, 0.3) is 5.56 Å². The lowest BCUT2D eigenvalue weighted by Gasteiger charge is -2.15. The van der Waals surface area contributed by atoms with Gasteiger partial charge in [-0.2, -0.15) is 10.1 Å². The highest BCUT2D eigenvalue weighted by Gasteiger charge is 2.20. The standard InChI is InChI=1S/C22H22N6O5/c1-27-19-18(20(31)25-22(27)32)28(12-15(29)13-33-16-8-3-2-4-9-16)21(24-19)26-23-11-14-7-5-6-10-17(14)30/h2-11,15,29-30H,12-13H2,1H3,(H,24,26)(H,25,31,32)/t15-/m0/s1. The summed E-state index contributed by atoms with van der Waals surface area (Å²) >= 11 is 0. The summed E-state index contributed by atoms with van der Waals surface area (Å²) in [6.45, 7) is -0.0903. The fourth-order valence-corrected chi connectivity index (χ4v) is 3.23. The number of para-hydroxylation sites is 2. The van der Waals surface area contributed by atoms with E-state index in [1.54, 1.807) is 30.3 Å². The van der Waals surface area contributed by atoms with Gasteiger partial charge in [0.1, 0.15) is 24.2 Å². The first-order chi connectivity index (χ1) is 15.9. The smallest absolute Gasteiger partial charge is 0.329 e. The molecule has 1 atom stereocenters. The molecule has 4 N–H and O–H groups in total. The quantitative estimate of drug-likeness (QED) is 0.231. The number of hydrazone groups is 1. The molecule has 0 unspecified atom stereocenters. The molecule has 2 aromatic carbocycles. The summed E-state index contributed by atoms with van der Waals surface area (Å²) in [7, 11) is 1.47. The van der Waals surface area contributed by atoms with Crippen LogP contribution in [0.4, 0.5) is 5.95 Å². The predicted molar refractivity (Wildman–Crippen MR) is 123 cm³/mol. The predicted octanol–water partition coefficient (Wildman–Crippen LogP) is 1.01. The van der Waals surface area contributed by atoms with Crippen LogP contribution in [-0.2, 0) is 13.6 Å². The molecule has 2 heterocycles. The lowest BCUT2D eigenvalue weighted by molar-refractivity contribution is 0.0938. The van der Waals surface area contributed by atoms with E-state index in [2.05, 4.69) is 20.5 Å². The van der Waals surface area contributed by atoms with Crippen molar-refractivity contribution in [1.82, 2.24) is 19.1 Å². The highest BCUT2D eigenvalue weighted by atomic mass is 16.5. The molecule has 11 heteroatoms. The number of benzene rings is 2. The number of phenolic OH excluding ortho intramolecular Hbond substituents is 1. The number of H-pyrrole nitrogens is 1. The molecule has 0 saturated heterocycles. The number of aromatic amines is 1. The number of aromatic hydroxyl groups is 1. The van der Waals surface area contributed by atoms with Crippen molar-refractivity contribution in [3.8, 4) is 11.5 Å². The van der Waals surface area contributed by atoms with Gasteiger partial charge < -0.3 is 19.5 Å². The van der Waals surface area contributed by atoms with Crippen LogP contribution in [-0.4, -0.2) is 48.2 Å². The second kappa shape index (κ2) is 9.40. The highest BCUT2D eigenvalue weighted by Crippen LogP contribution is 2.18. The molecule has 0 aliphatic rings. The first-order valence-electron chi connectivity index (χ1n) is 10.1. The second-order valence-corrected chi connectivity index (χ2v) is 7.24. The number of hydrogen-bond acceptors (Lipinski definition) is 8. The maximum Gasteiger partial charge on any atom is 0.329 e. The zero-order valence-electron chi connectivity index (χ0n) is 17.7. The van der Waals surface area contributed by atoms with Gasteiger partial charge in [-0.3, -0.25) is 14.3 Å². The number of aliphatic hydroxyl groups excluding tert-OH is 1. The monoisotopic (exact) mass is 450 g/mol. The summed E-state index contributed by atoms with van der Waals surface area (Å²) in [6, 6.07) is 15.6. The number of nitrogens with zero attached hydrogens (tertiary/aromatic N) is 4. The van der Waals surface area contributed by atoms with E-state index in [0.717, 1.165) is 0 Å². The van der Waals surface area contributed by atoms with E-state index in [9.17, 15) is 19.8 Å². The Morgan fingerprint density at radius 3 is 2.67 bits per heavy atom. The second-order valence-electron chi connectivity index (χ2n) is 7.24. The number of anilines is 1. The number of phenols is 1. The van der Waals surface area contributed by atoms with Gasteiger partial charge in [0.05, 0.1) is 12.8 Å². The van der Waals surface area contributed by atoms with Gasteiger partial charge in [-0.25, -0.2) is 10.2 Å². The van der Waals surface area contributed by atoms with Crippen molar-refractivity contribution in [1.29, 1.82) is 0 Å². The van der Waals surface area contributed by atoms with E-state index in [-0.39, 0.29) is 36.0 Å². The van der Waals surface area contributed by atoms with Gasteiger partial charge in [0.15, 0.2) is 11.2 Å². The number of rotatable bonds is 8. The number of aryl methyl sites for hydroxylation is 1. The molecule has 0 fully saturated rings. The van der Waals surface area contributed by atoms with Gasteiger partial charge >= 0.3 is 5.69 Å². The van der Waals surface area contributed by atoms with Crippen LogP contribution in [0.25, 0.3) is 11.2 Å². The van der Waals surface area contributed by atoms with Crippen LogP contribution in [0.1, 0.15) is 5.56 Å². The van der Waals surface area contributed by atoms with Crippen molar-refractivity contribution in [2.24, 2.45) is 12.1 Å². The lowest BCUT2D eigenvalue weighted by atomic mass is 10.2. The Labute approximate surface area is 187 Å². The summed E-state index contributed by atoms with van der Waals surface area (Å²) in [6.07, 6.45) is 0.388. The zero-order valence-corrected chi connectivity index (χ0v) is 17.7. The molecule has 2 aromatic heterocycles. The number of ether oxygens (including phenoxy) is 1. The first kappa shape index (κ1) is 21.8. The Morgan fingerprint density at radius 1 is 1.18 bits per heavy atom. The molecular formula is C22H22N6O5. The molecule has 0 bridgehead atoms. The minimum Gasteiger partial charge on any atom is -0.507 e. The van der Waals surface area contributed by atoms with Crippen molar-refractivity contribution in [2.45, 2.75) is 12.6 Å². The molecule has 33 heavy (non-hydrogen) atoms. The third-order valence-electron chi connectivity index (χ3n) is 4.89. The molecule has 0 aliphatic heterocycles. The lowest BCUT2D eigenvalue weighted by Crippen LogP contribution is -2.30. The third-order valence-corrected chi connectivity index (χ3v) is 4.89. The van der Waals surface area contributed by atoms with E-state index < -0.39 is 17.4 Å². The molecule has 4 aromatic rings. The molecule has 0 amide bonds. The zero-order chi connectivity index (χ0) is 23.4.